The molecular formula is C22H24N2O8S. The summed E-state index contributed by atoms with van der Waals surface area (Å²) in [5, 5.41) is 12.2. The highest BCUT2D eigenvalue weighted by Crippen LogP contribution is 2.33. The zero-order chi connectivity index (χ0) is 24.0. The lowest BCUT2D eigenvalue weighted by Gasteiger charge is -2.22. The van der Waals surface area contributed by atoms with Crippen molar-refractivity contribution in [1.29, 1.82) is 0 Å². The molecule has 1 heterocycles. The number of rotatable bonds is 9. The van der Waals surface area contributed by atoms with Crippen molar-refractivity contribution in [3.63, 3.8) is 0 Å². The molecule has 3 rings (SSSR count). The van der Waals surface area contributed by atoms with Crippen molar-refractivity contribution in [1.82, 2.24) is 4.72 Å². The fourth-order valence-corrected chi connectivity index (χ4v) is 4.27. The Kier molecular flexibility index (Phi) is 7.79. The largest absolute Gasteiger partial charge is 0.467 e. The molecule has 1 atom stereocenters. The molecule has 33 heavy (non-hydrogen) atoms. The van der Waals surface area contributed by atoms with Crippen molar-refractivity contribution < 1.29 is 32.3 Å². The quantitative estimate of drug-likeness (QED) is 0.331. The lowest BCUT2D eigenvalue weighted by atomic mass is 10.1. The number of ether oxygens (including phenoxy) is 3. The maximum atomic E-state index is 12.7. The zero-order valence-corrected chi connectivity index (χ0v) is 18.9. The smallest absolute Gasteiger partial charge is 0.324 e. The molecule has 1 aliphatic heterocycles. The summed E-state index contributed by atoms with van der Waals surface area (Å²) in [6.07, 6.45) is 1.42. The summed E-state index contributed by atoms with van der Waals surface area (Å²) in [5.74, 6) is -0.873. The number of sulfonamides is 1. The van der Waals surface area contributed by atoms with Gasteiger partial charge in [0.15, 0.2) is 6.79 Å². The van der Waals surface area contributed by atoms with Gasteiger partial charge in [0.2, 0.25) is 10.0 Å². The van der Waals surface area contributed by atoms with E-state index in [0.717, 1.165) is 5.41 Å². The number of carbonyl (C=O) groups is 1. The first-order valence-corrected chi connectivity index (χ1v) is 11.6. The van der Waals surface area contributed by atoms with E-state index in [-0.39, 0.29) is 25.7 Å². The van der Waals surface area contributed by atoms with Crippen molar-refractivity contribution in [2.24, 2.45) is 5.92 Å². The van der Waals surface area contributed by atoms with Crippen molar-refractivity contribution in [3.8, 4) is 5.75 Å². The molecule has 1 aliphatic rings. The van der Waals surface area contributed by atoms with Gasteiger partial charge >= 0.3 is 5.97 Å². The van der Waals surface area contributed by atoms with Crippen LogP contribution in [0.4, 0.5) is 5.69 Å². The summed E-state index contributed by atoms with van der Waals surface area (Å²) in [6.45, 7) is 3.11. The summed E-state index contributed by atoms with van der Waals surface area (Å²) < 4.78 is 43.2. The van der Waals surface area contributed by atoms with Gasteiger partial charge in [0.05, 0.1) is 11.5 Å². The number of hydrogen-bond donors (Lipinski definition) is 1. The standard InChI is InChI=1S/C22H24N2O8S/c1-15(2)20(23-33(28,29)9-8-16-6-4-3-5-7-16)22(25)31-13-18-11-19(24(26)27)10-17-12-30-14-32-21(17)18/h3-11,15,20,23H,12-14H2,1-2H3. The van der Waals surface area contributed by atoms with Gasteiger partial charge in [0.1, 0.15) is 18.4 Å². The van der Waals surface area contributed by atoms with Gasteiger partial charge in [-0.15, -0.1) is 0 Å². The average Bonchev–Trinajstić information content (AvgIpc) is 2.80. The Morgan fingerprint density at radius 3 is 2.67 bits per heavy atom. The SMILES string of the molecule is CC(C)C(NS(=O)(=O)C=Cc1ccccc1)C(=O)OCc1cc([N+](=O)[O-])cc2c1OCOC2. The Hall–Kier alpha value is -3.28. The maximum absolute atomic E-state index is 12.7. The van der Waals surface area contributed by atoms with Crippen molar-refractivity contribution in [3.05, 3.63) is 74.7 Å². The number of carbonyl (C=O) groups excluding carboxylic acids is 1. The molecule has 11 heteroatoms. The number of nitrogens with one attached hydrogen (secondary N) is 1. The van der Waals surface area contributed by atoms with Crippen LogP contribution < -0.4 is 9.46 Å². The first-order valence-electron chi connectivity index (χ1n) is 10.1. The van der Waals surface area contributed by atoms with Crippen LogP contribution in [0, 0.1) is 16.0 Å². The summed E-state index contributed by atoms with van der Waals surface area (Å²) in [7, 11) is -3.95. The predicted molar refractivity (Wildman–Crippen MR) is 119 cm³/mol. The minimum Gasteiger partial charge on any atom is -0.467 e. The third-order valence-corrected chi connectivity index (χ3v) is 5.88. The fourth-order valence-electron chi connectivity index (χ4n) is 3.14. The lowest BCUT2D eigenvalue weighted by Crippen LogP contribution is -2.44. The minimum absolute atomic E-state index is 0.0338. The Morgan fingerprint density at radius 1 is 1.27 bits per heavy atom. The molecule has 0 amide bonds. The van der Waals surface area contributed by atoms with E-state index in [2.05, 4.69) is 4.72 Å². The second-order valence-corrected chi connectivity index (χ2v) is 9.26. The van der Waals surface area contributed by atoms with Crippen molar-refractivity contribution in [2.45, 2.75) is 33.1 Å². The van der Waals surface area contributed by atoms with E-state index in [4.69, 9.17) is 14.2 Å². The maximum Gasteiger partial charge on any atom is 0.324 e. The summed E-state index contributed by atoms with van der Waals surface area (Å²) in [5.41, 5.74) is 1.26. The van der Waals surface area contributed by atoms with Crippen LogP contribution in [0.15, 0.2) is 47.9 Å². The Morgan fingerprint density at radius 2 is 2.00 bits per heavy atom. The summed E-state index contributed by atoms with van der Waals surface area (Å²) in [6, 6.07) is 10.3. The second-order valence-electron chi connectivity index (χ2n) is 7.67. The monoisotopic (exact) mass is 476 g/mol. The van der Waals surface area contributed by atoms with Gasteiger partial charge in [-0.05, 0) is 17.6 Å². The van der Waals surface area contributed by atoms with Gasteiger partial charge in [-0.1, -0.05) is 44.2 Å². The van der Waals surface area contributed by atoms with Crippen LogP contribution in [0.25, 0.3) is 6.08 Å². The molecule has 0 radical (unpaired) electrons. The van der Waals surface area contributed by atoms with Crippen LogP contribution in [0.2, 0.25) is 0 Å². The number of nitro groups is 1. The molecule has 0 aromatic heterocycles. The fraction of sp³-hybridized carbons (Fsp3) is 0.318. The molecule has 0 saturated heterocycles. The number of hydrogen-bond acceptors (Lipinski definition) is 8. The predicted octanol–water partition coefficient (Wildman–Crippen LogP) is 3.12. The highest BCUT2D eigenvalue weighted by Gasteiger charge is 2.29. The molecule has 0 bridgehead atoms. The van der Waals surface area contributed by atoms with Gasteiger partial charge in [-0.25, -0.2) is 8.42 Å². The molecule has 1 unspecified atom stereocenters. The van der Waals surface area contributed by atoms with Gasteiger partial charge in [-0.2, -0.15) is 4.72 Å². The van der Waals surface area contributed by atoms with Crippen LogP contribution in [0.3, 0.4) is 0 Å². The normalized spacial score (nSPS) is 14.5. The average molecular weight is 477 g/mol. The van der Waals surface area contributed by atoms with Crippen LogP contribution in [-0.4, -0.2) is 32.1 Å². The van der Waals surface area contributed by atoms with Crippen LogP contribution in [0.1, 0.15) is 30.5 Å². The van der Waals surface area contributed by atoms with E-state index < -0.39 is 32.9 Å². The van der Waals surface area contributed by atoms with Crippen molar-refractivity contribution >= 4 is 27.8 Å². The molecule has 176 valence electrons. The number of fused-ring (bicyclic) bond motifs is 1. The molecule has 10 nitrogen and oxygen atoms in total. The molecule has 1 N–H and O–H groups in total. The second kappa shape index (κ2) is 10.6. The van der Waals surface area contributed by atoms with E-state index >= 15 is 0 Å². The Labute approximate surface area is 191 Å². The molecule has 0 spiro atoms. The Bertz CT molecular complexity index is 1150. The number of esters is 1. The van der Waals surface area contributed by atoms with Crippen molar-refractivity contribution in [2.75, 3.05) is 6.79 Å². The van der Waals surface area contributed by atoms with E-state index in [1.165, 1.54) is 18.2 Å². The third-order valence-electron chi connectivity index (χ3n) is 4.80. The van der Waals surface area contributed by atoms with Gasteiger partial charge < -0.3 is 14.2 Å². The number of nitro benzene ring substituents is 1. The van der Waals surface area contributed by atoms with E-state index in [1.807, 2.05) is 6.07 Å². The molecule has 0 saturated carbocycles. The summed E-state index contributed by atoms with van der Waals surface area (Å²) >= 11 is 0. The van der Waals surface area contributed by atoms with E-state index in [1.54, 1.807) is 38.1 Å². The Balaban J connectivity index is 1.73. The third kappa shape index (κ3) is 6.60. The number of nitrogens with zero attached hydrogens (tertiary/aromatic N) is 1. The van der Waals surface area contributed by atoms with Crippen LogP contribution >= 0.6 is 0 Å². The van der Waals surface area contributed by atoms with Crippen LogP contribution in [0.5, 0.6) is 5.75 Å². The molecule has 0 aliphatic carbocycles. The first kappa shape index (κ1) is 24.4. The van der Waals surface area contributed by atoms with E-state index in [9.17, 15) is 23.3 Å². The molecule has 0 fully saturated rings. The zero-order valence-electron chi connectivity index (χ0n) is 18.1. The van der Waals surface area contributed by atoms with E-state index in [0.29, 0.717) is 22.4 Å². The van der Waals surface area contributed by atoms with Gasteiger partial charge in [0, 0.05) is 28.7 Å². The van der Waals surface area contributed by atoms with Gasteiger partial charge in [-0.3, -0.25) is 14.9 Å². The molecule has 2 aromatic carbocycles. The highest BCUT2D eigenvalue weighted by molar-refractivity contribution is 7.92. The first-order chi connectivity index (χ1) is 15.7. The van der Waals surface area contributed by atoms with Gasteiger partial charge in [0.25, 0.3) is 5.69 Å². The van der Waals surface area contributed by atoms with Crippen LogP contribution in [-0.2, 0) is 37.5 Å². The topological polar surface area (TPSA) is 134 Å². The number of non-ortho nitro benzene ring substituents is 1. The lowest BCUT2D eigenvalue weighted by molar-refractivity contribution is -0.385. The summed E-state index contributed by atoms with van der Waals surface area (Å²) in [4.78, 5) is 23.4. The molecular weight excluding hydrogens is 452 g/mol. The highest BCUT2D eigenvalue weighted by atomic mass is 32.2. The molecule has 2 aromatic rings. The number of benzene rings is 2. The minimum atomic E-state index is -3.95.